The van der Waals surface area contributed by atoms with E-state index < -0.39 is 0 Å². The minimum absolute atomic E-state index is 0.0374. The smallest absolute Gasteiger partial charge is 0.193 e. The summed E-state index contributed by atoms with van der Waals surface area (Å²) in [6.45, 7) is 2.87. The summed E-state index contributed by atoms with van der Waals surface area (Å²) in [5.41, 5.74) is 1.37. The second-order valence-electron chi connectivity index (χ2n) is 5.88. The van der Waals surface area contributed by atoms with E-state index in [-0.39, 0.29) is 5.43 Å². The van der Waals surface area contributed by atoms with Crippen molar-refractivity contribution in [3.05, 3.63) is 64.8 Å². The van der Waals surface area contributed by atoms with Gasteiger partial charge in [-0.2, -0.15) is 0 Å². The average Bonchev–Trinajstić information content (AvgIpc) is 2.62. The van der Waals surface area contributed by atoms with E-state index in [2.05, 4.69) is 6.92 Å². The van der Waals surface area contributed by atoms with Gasteiger partial charge in [0.15, 0.2) is 5.43 Å². The molecule has 0 radical (unpaired) electrons. The van der Waals surface area contributed by atoms with Crippen molar-refractivity contribution < 1.29 is 9.15 Å². The number of hydrogen-bond donors (Lipinski definition) is 0. The van der Waals surface area contributed by atoms with Gasteiger partial charge in [0.05, 0.1) is 17.6 Å². The number of ether oxygens (including phenoxy) is 1. The predicted octanol–water partition coefficient (Wildman–Crippen LogP) is 5.42. The van der Waals surface area contributed by atoms with E-state index in [4.69, 9.17) is 9.15 Å². The highest BCUT2D eigenvalue weighted by Gasteiger charge is 2.11. The third-order valence-electron chi connectivity index (χ3n) is 4.04. The molecule has 2 aromatic carbocycles. The van der Waals surface area contributed by atoms with Crippen LogP contribution in [0.25, 0.3) is 22.3 Å². The van der Waals surface area contributed by atoms with E-state index in [1.807, 2.05) is 42.5 Å². The highest BCUT2D eigenvalue weighted by Crippen LogP contribution is 2.30. The van der Waals surface area contributed by atoms with Crippen LogP contribution >= 0.6 is 0 Å². The first kappa shape index (κ1) is 16.3. The van der Waals surface area contributed by atoms with E-state index in [1.54, 1.807) is 12.1 Å². The molecule has 1 heterocycles. The van der Waals surface area contributed by atoms with E-state index in [1.165, 1.54) is 19.3 Å². The molecular weight excluding hydrogens is 300 g/mol. The van der Waals surface area contributed by atoms with Crippen LogP contribution in [0.15, 0.2) is 63.8 Å². The van der Waals surface area contributed by atoms with Crippen LogP contribution in [0, 0.1) is 0 Å². The molecule has 0 saturated carbocycles. The Bertz CT molecular complexity index is 864. The van der Waals surface area contributed by atoms with E-state index in [9.17, 15) is 4.79 Å². The second kappa shape index (κ2) is 7.82. The maximum absolute atomic E-state index is 12.3. The number of rotatable bonds is 7. The molecule has 0 aliphatic rings. The second-order valence-corrected chi connectivity index (χ2v) is 5.88. The molecule has 0 spiro atoms. The summed E-state index contributed by atoms with van der Waals surface area (Å²) >= 11 is 0. The first-order chi connectivity index (χ1) is 11.8. The Kier molecular flexibility index (Phi) is 5.32. The number of unbranched alkanes of at least 4 members (excludes halogenated alkanes) is 3. The van der Waals surface area contributed by atoms with E-state index in [0.29, 0.717) is 23.3 Å². The van der Waals surface area contributed by atoms with Crippen LogP contribution in [0.4, 0.5) is 0 Å². The summed E-state index contributed by atoms with van der Waals surface area (Å²) in [7, 11) is 0. The van der Waals surface area contributed by atoms with Crippen LogP contribution in [-0.4, -0.2) is 6.61 Å². The molecule has 0 saturated heterocycles. The van der Waals surface area contributed by atoms with Crippen LogP contribution in [0.3, 0.4) is 0 Å². The van der Waals surface area contributed by atoms with Crippen molar-refractivity contribution >= 4 is 11.0 Å². The molecule has 3 aromatic rings. The van der Waals surface area contributed by atoms with Crippen LogP contribution in [0.2, 0.25) is 0 Å². The normalized spacial score (nSPS) is 10.9. The Morgan fingerprint density at radius 3 is 2.62 bits per heavy atom. The number of hydrogen-bond acceptors (Lipinski definition) is 3. The lowest BCUT2D eigenvalue weighted by molar-refractivity contribution is 0.305. The third kappa shape index (κ3) is 3.67. The zero-order valence-corrected chi connectivity index (χ0v) is 14.0. The number of para-hydroxylation sites is 2. The Hall–Kier alpha value is -2.55. The maximum Gasteiger partial charge on any atom is 0.193 e. The van der Waals surface area contributed by atoms with Gasteiger partial charge in [-0.25, -0.2) is 0 Å². The molecule has 3 nitrogen and oxygen atoms in total. The zero-order chi connectivity index (χ0) is 16.8. The maximum atomic E-state index is 12.3. The first-order valence-electron chi connectivity index (χ1n) is 8.54. The SMILES string of the molecule is CCCCCCOc1ccccc1-c1cc(=O)c2ccccc2o1. The van der Waals surface area contributed by atoms with Crippen LogP contribution in [0.5, 0.6) is 5.75 Å². The van der Waals surface area contributed by atoms with Crippen LogP contribution in [-0.2, 0) is 0 Å². The third-order valence-corrected chi connectivity index (χ3v) is 4.04. The molecule has 0 amide bonds. The predicted molar refractivity (Wildman–Crippen MR) is 97.6 cm³/mol. The van der Waals surface area contributed by atoms with Gasteiger partial charge < -0.3 is 9.15 Å². The zero-order valence-electron chi connectivity index (χ0n) is 14.0. The fourth-order valence-electron chi connectivity index (χ4n) is 2.74. The molecule has 0 aliphatic carbocycles. The van der Waals surface area contributed by atoms with Crippen LogP contribution < -0.4 is 10.2 Å². The van der Waals surface area contributed by atoms with Crippen molar-refractivity contribution in [3.8, 4) is 17.1 Å². The Morgan fingerprint density at radius 1 is 0.958 bits per heavy atom. The summed E-state index contributed by atoms with van der Waals surface area (Å²) in [5.74, 6) is 1.30. The quantitative estimate of drug-likeness (QED) is 0.545. The van der Waals surface area contributed by atoms with Gasteiger partial charge in [-0.15, -0.1) is 0 Å². The molecule has 3 rings (SSSR count). The molecule has 0 N–H and O–H groups in total. The van der Waals surface area contributed by atoms with Gasteiger partial charge in [0.1, 0.15) is 17.1 Å². The molecular formula is C21H22O3. The van der Waals surface area contributed by atoms with E-state index >= 15 is 0 Å². The fraction of sp³-hybridized carbons (Fsp3) is 0.286. The molecule has 0 fully saturated rings. The summed E-state index contributed by atoms with van der Waals surface area (Å²) in [6, 6.07) is 16.5. The van der Waals surface area contributed by atoms with Crippen molar-refractivity contribution in [1.29, 1.82) is 0 Å². The fourth-order valence-corrected chi connectivity index (χ4v) is 2.74. The summed E-state index contributed by atoms with van der Waals surface area (Å²) < 4.78 is 11.9. The largest absolute Gasteiger partial charge is 0.493 e. The first-order valence-corrected chi connectivity index (χ1v) is 8.54. The van der Waals surface area contributed by atoms with Crippen LogP contribution in [0.1, 0.15) is 32.6 Å². The summed E-state index contributed by atoms with van der Waals surface area (Å²) in [5, 5.41) is 0.596. The Labute approximate surface area is 141 Å². The summed E-state index contributed by atoms with van der Waals surface area (Å²) in [4.78, 5) is 12.3. The molecule has 0 unspecified atom stereocenters. The van der Waals surface area contributed by atoms with Crippen molar-refractivity contribution in [1.82, 2.24) is 0 Å². The highest BCUT2D eigenvalue weighted by atomic mass is 16.5. The Morgan fingerprint density at radius 2 is 1.75 bits per heavy atom. The van der Waals surface area contributed by atoms with Gasteiger partial charge >= 0.3 is 0 Å². The lowest BCUT2D eigenvalue weighted by atomic mass is 10.1. The minimum Gasteiger partial charge on any atom is -0.493 e. The van der Waals surface area contributed by atoms with Crippen molar-refractivity contribution in [2.24, 2.45) is 0 Å². The number of fused-ring (bicyclic) bond motifs is 1. The topological polar surface area (TPSA) is 39.4 Å². The molecule has 1 aromatic heterocycles. The van der Waals surface area contributed by atoms with Gasteiger partial charge in [-0.05, 0) is 30.7 Å². The lowest BCUT2D eigenvalue weighted by Gasteiger charge is -2.11. The van der Waals surface area contributed by atoms with Gasteiger partial charge in [0.2, 0.25) is 0 Å². The van der Waals surface area contributed by atoms with E-state index in [0.717, 1.165) is 17.7 Å². The molecule has 0 aliphatic heterocycles. The summed E-state index contributed by atoms with van der Waals surface area (Å²) in [6.07, 6.45) is 4.64. The number of benzene rings is 2. The van der Waals surface area contributed by atoms with Crippen molar-refractivity contribution in [2.75, 3.05) is 6.61 Å². The van der Waals surface area contributed by atoms with Gasteiger partial charge in [-0.3, -0.25) is 4.79 Å². The average molecular weight is 322 g/mol. The highest BCUT2D eigenvalue weighted by molar-refractivity contribution is 5.79. The van der Waals surface area contributed by atoms with Gasteiger partial charge in [0, 0.05) is 6.07 Å². The van der Waals surface area contributed by atoms with Crippen molar-refractivity contribution in [3.63, 3.8) is 0 Å². The van der Waals surface area contributed by atoms with Crippen molar-refractivity contribution in [2.45, 2.75) is 32.6 Å². The standard InChI is InChI=1S/C21H22O3/c1-2-3-4-9-14-23-19-12-7-6-11-17(19)21-15-18(22)16-10-5-8-13-20(16)24-21/h5-8,10-13,15H,2-4,9,14H2,1H3. The molecule has 3 heteroatoms. The molecule has 0 bridgehead atoms. The monoisotopic (exact) mass is 322 g/mol. The van der Waals surface area contributed by atoms with Gasteiger partial charge in [0.25, 0.3) is 0 Å². The molecule has 124 valence electrons. The Balaban J connectivity index is 1.88. The molecule has 0 atom stereocenters. The lowest BCUT2D eigenvalue weighted by Crippen LogP contribution is -2.02. The van der Waals surface area contributed by atoms with Gasteiger partial charge in [-0.1, -0.05) is 50.5 Å². The minimum atomic E-state index is -0.0374. The molecule has 24 heavy (non-hydrogen) atoms.